The molecular weight excluding hydrogens is 342 g/mol. The van der Waals surface area contributed by atoms with Gasteiger partial charge in [-0.2, -0.15) is 0 Å². The second kappa shape index (κ2) is 8.52. The molecule has 1 aliphatic heterocycles. The van der Waals surface area contributed by atoms with Crippen LogP contribution in [0.25, 0.3) is 0 Å². The topological polar surface area (TPSA) is 36.5 Å². The number of aryl methyl sites for hydroxylation is 2. The molecule has 0 radical (unpaired) electrons. The van der Waals surface area contributed by atoms with Crippen LogP contribution in [-0.2, 0) is 4.74 Å². The van der Waals surface area contributed by atoms with E-state index in [9.17, 15) is 0 Å². The summed E-state index contributed by atoms with van der Waals surface area (Å²) in [6.07, 6.45) is 0. The summed E-state index contributed by atoms with van der Waals surface area (Å²) in [5, 5.41) is 7.33. The summed E-state index contributed by atoms with van der Waals surface area (Å²) in [4.78, 5) is 2.36. The van der Waals surface area contributed by atoms with Crippen LogP contribution in [0, 0.1) is 13.8 Å². The van der Waals surface area contributed by atoms with Gasteiger partial charge < -0.3 is 20.3 Å². The maximum Gasteiger partial charge on any atom is 0.171 e. The van der Waals surface area contributed by atoms with Crippen molar-refractivity contribution in [2.75, 3.05) is 36.5 Å². The lowest BCUT2D eigenvalue weighted by molar-refractivity contribution is 0.122. The van der Waals surface area contributed by atoms with E-state index in [-0.39, 0.29) is 6.04 Å². The number of rotatable bonds is 4. The van der Waals surface area contributed by atoms with Gasteiger partial charge in [0.1, 0.15) is 0 Å². The molecule has 2 aromatic carbocycles. The van der Waals surface area contributed by atoms with Crippen molar-refractivity contribution in [2.24, 2.45) is 0 Å². The number of hydrogen-bond donors (Lipinski definition) is 2. The fraction of sp³-hybridized carbons (Fsp3) is 0.381. The number of benzene rings is 2. The number of nitrogens with one attached hydrogen (secondary N) is 2. The maximum atomic E-state index is 5.50. The molecule has 1 aliphatic rings. The normalized spacial score (nSPS) is 15.4. The molecule has 0 spiro atoms. The number of ether oxygens (including phenoxy) is 1. The highest BCUT2D eigenvalue weighted by atomic mass is 32.1. The van der Waals surface area contributed by atoms with E-state index in [1.807, 2.05) is 0 Å². The van der Waals surface area contributed by atoms with Gasteiger partial charge in [-0.25, -0.2) is 0 Å². The van der Waals surface area contributed by atoms with Crippen LogP contribution in [0.15, 0.2) is 42.5 Å². The molecule has 1 heterocycles. The van der Waals surface area contributed by atoms with Gasteiger partial charge in [0.2, 0.25) is 0 Å². The van der Waals surface area contributed by atoms with Crippen molar-refractivity contribution in [3.63, 3.8) is 0 Å². The zero-order chi connectivity index (χ0) is 18.5. The van der Waals surface area contributed by atoms with Crippen molar-refractivity contribution < 1.29 is 4.74 Å². The minimum absolute atomic E-state index is 0.138. The predicted octanol–water partition coefficient (Wildman–Crippen LogP) is 4.19. The van der Waals surface area contributed by atoms with Crippen LogP contribution >= 0.6 is 12.2 Å². The number of anilines is 2. The smallest absolute Gasteiger partial charge is 0.171 e. The van der Waals surface area contributed by atoms with Crippen LogP contribution in [0.1, 0.15) is 29.7 Å². The number of thiocarbonyl (C=S) groups is 1. The number of morpholine rings is 1. The number of nitrogens with zero attached hydrogens (tertiary/aromatic N) is 1. The Kier molecular flexibility index (Phi) is 6.12. The summed E-state index contributed by atoms with van der Waals surface area (Å²) in [6.45, 7) is 9.81. The first-order valence-corrected chi connectivity index (χ1v) is 9.51. The van der Waals surface area contributed by atoms with Crippen molar-refractivity contribution in [1.82, 2.24) is 5.32 Å². The largest absolute Gasteiger partial charge is 0.378 e. The van der Waals surface area contributed by atoms with Crippen molar-refractivity contribution in [1.29, 1.82) is 0 Å². The van der Waals surface area contributed by atoms with E-state index < -0.39 is 0 Å². The molecule has 26 heavy (non-hydrogen) atoms. The molecule has 0 aromatic heterocycles. The monoisotopic (exact) mass is 369 g/mol. The van der Waals surface area contributed by atoms with E-state index in [1.54, 1.807) is 0 Å². The van der Waals surface area contributed by atoms with E-state index in [1.165, 1.54) is 22.4 Å². The van der Waals surface area contributed by atoms with Crippen LogP contribution in [-0.4, -0.2) is 31.4 Å². The van der Waals surface area contributed by atoms with E-state index in [0.29, 0.717) is 5.11 Å². The Labute approximate surface area is 161 Å². The Morgan fingerprint density at radius 1 is 1.08 bits per heavy atom. The molecule has 1 fully saturated rings. The highest BCUT2D eigenvalue weighted by molar-refractivity contribution is 7.80. The summed E-state index contributed by atoms with van der Waals surface area (Å²) in [6, 6.07) is 15.2. The van der Waals surface area contributed by atoms with Crippen LogP contribution in [0.2, 0.25) is 0 Å². The first kappa shape index (κ1) is 18.7. The molecule has 2 N–H and O–H groups in total. The van der Waals surface area contributed by atoms with Gasteiger partial charge in [-0.3, -0.25) is 0 Å². The van der Waals surface area contributed by atoms with Crippen molar-refractivity contribution >= 4 is 28.7 Å². The lowest BCUT2D eigenvalue weighted by Gasteiger charge is -2.29. The Morgan fingerprint density at radius 3 is 2.46 bits per heavy atom. The zero-order valence-electron chi connectivity index (χ0n) is 15.7. The van der Waals surface area contributed by atoms with Crippen molar-refractivity contribution in [3.8, 4) is 0 Å². The lowest BCUT2D eigenvalue weighted by Crippen LogP contribution is -2.36. The van der Waals surface area contributed by atoms with Crippen molar-refractivity contribution in [3.05, 3.63) is 59.2 Å². The highest BCUT2D eigenvalue weighted by Crippen LogP contribution is 2.21. The predicted molar refractivity (Wildman–Crippen MR) is 113 cm³/mol. The Balaban J connectivity index is 1.59. The third-order valence-electron chi connectivity index (χ3n) is 4.76. The molecule has 3 rings (SSSR count). The van der Waals surface area contributed by atoms with Crippen LogP contribution in [0.4, 0.5) is 11.4 Å². The van der Waals surface area contributed by atoms with E-state index in [2.05, 4.69) is 78.8 Å². The van der Waals surface area contributed by atoms with E-state index in [0.717, 1.165) is 32.0 Å². The van der Waals surface area contributed by atoms with E-state index in [4.69, 9.17) is 17.0 Å². The van der Waals surface area contributed by atoms with Crippen LogP contribution in [0.5, 0.6) is 0 Å². The zero-order valence-corrected chi connectivity index (χ0v) is 16.5. The minimum atomic E-state index is 0.138. The molecule has 0 amide bonds. The third-order valence-corrected chi connectivity index (χ3v) is 4.98. The highest BCUT2D eigenvalue weighted by Gasteiger charge is 2.12. The fourth-order valence-corrected chi connectivity index (χ4v) is 3.39. The number of hydrogen-bond acceptors (Lipinski definition) is 3. The van der Waals surface area contributed by atoms with Gasteiger partial charge in [0.25, 0.3) is 0 Å². The second-order valence-corrected chi connectivity index (χ2v) is 7.24. The average Bonchev–Trinajstić information content (AvgIpc) is 2.65. The fourth-order valence-electron chi connectivity index (χ4n) is 3.10. The third kappa shape index (κ3) is 4.74. The van der Waals surface area contributed by atoms with Gasteiger partial charge in [-0.15, -0.1) is 0 Å². The Bertz CT molecular complexity index is 754. The van der Waals surface area contributed by atoms with Crippen LogP contribution in [0.3, 0.4) is 0 Å². The molecule has 0 aliphatic carbocycles. The van der Waals surface area contributed by atoms with Gasteiger partial charge >= 0.3 is 0 Å². The molecule has 138 valence electrons. The van der Waals surface area contributed by atoms with Gasteiger partial charge in [0.05, 0.1) is 19.3 Å². The SMILES string of the molecule is Cc1ccc(C)c(NC(=S)N[C@@H](C)c2ccc(N3CCOCC3)cc2)c1. The average molecular weight is 370 g/mol. The molecule has 1 atom stereocenters. The van der Waals surface area contributed by atoms with Gasteiger partial charge in [0, 0.05) is 24.5 Å². The van der Waals surface area contributed by atoms with Gasteiger partial charge in [-0.05, 0) is 67.9 Å². The molecule has 2 aromatic rings. The molecule has 0 bridgehead atoms. The molecule has 1 saturated heterocycles. The van der Waals surface area contributed by atoms with Gasteiger partial charge in [-0.1, -0.05) is 24.3 Å². The molecule has 0 unspecified atom stereocenters. The molecule has 0 saturated carbocycles. The molecular formula is C21H27N3OS. The summed E-state index contributed by atoms with van der Waals surface area (Å²) < 4.78 is 5.42. The molecule has 5 heteroatoms. The van der Waals surface area contributed by atoms with E-state index >= 15 is 0 Å². The minimum Gasteiger partial charge on any atom is -0.378 e. The summed E-state index contributed by atoms with van der Waals surface area (Å²) >= 11 is 5.50. The van der Waals surface area contributed by atoms with Crippen molar-refractivity contribution in [2.45, 2.75) is 26.8 Å². The lowest BCUT2D eigenvalue weighted by atomic mass is 10.1. The Hall–Kier alpha value is -2.11. The molecule has 4 nitrogen and oxygen atoms in total. The maximum absolute atomic E-state index is 5.50. The summed E-state index contributed by atoms with van der Waals surface area (Å²) in [5.41, 5.74) is 5.92. The second-order valence-electron chi connectivity index (χ2n) is 6.83. The first-order valence-electron chi connectivity index (χ1n) is 9.10. The summed E-state index contributed by atoms with van der Waals surface area (Å²) in [7, 11) is 0. The first-order chi connectivity index (χ1) is 12.5. The summed E-state index contributed by atoms with van der Waals surface area (Å²) in [5.74, 6) is 0. The van der Waals surface area contributed by atoms with Gasteiger partial charge in [0.15, 0.2) is 5.11 Å². The van der Waals surface area contributed by atoms with Crippen LogP contribution < -0.4 is 15.5 Å². The standard InChI is InChI=1S/C21H27N3OS/c1-15-4-5-16(2)20(14-15)23-21(26)22-17(3)18-6-8-19(9-7-18)24-10-12-25-13-11-24/h4-9,14,17H,10-13H2,1-3H3,(H2,22,23,26)/t17-/m0/s1. The Morgan fingerprint density at radius 2 is 1.77 bits per heavy atom. The quantitative estimate of drug-likeness (QED) is 0.791.